The summed E-state index contributed by atoms with van der Waals surface area (Å²) in [6.45, 7) is 2.72. The Morgan fingerprint density at radius 3 is 2.70 bits per heavy atom. The topological polar surface area (TPSA) is 24.5 Å². The van der Waals surface area contributed by atoms with Crippen molar-refractivity contribution in [3.8, 4) is 0 Å². The Labute approximate surface area is 149 Å². The summed E-state index contributed by atoms with van der Waals surface area (Å²) >= 11 is 7.58. The second kappa shape index (κ2) is 9.00. The second-order valence-corrected chi connectivity index (χ2v) is 8.15. The zero-order chi connectivity index (χ0) is 15.9. The maximum atomic E-state index is 5.84. The van der Waals surface area contributed by atoms with Crippen molar-refractivity contribution < 1.29 is 4.74 Å². The van der Waals surface area contributed by atoms with Gasteiger partial charge in [-0.15, -0.1) is 11.3 Å². The molecule has 3 rings (SSSR count). The standard InChI is InChI=1S/C18H28N2OS2/c22-18(19-15-7-3-1-2-4-8-15)20(13-16-9-5-11-21-16)14-17-10-6-12-23-17/h6,10,12,15-16H,1-5,7-9,11,13-14H2,(H,19,22)/t16-/m0/s1. The number of hydrogen-bond donors (Lipinski definition) is 1. The van der Waals surface area contributed by atoms with E-state index >= 15 is 0 Å². The molecule has 0 radical (unpaired) electrons. The van der Waals surface area contributed by atoms with Crippen LogP contribution in [0.5, 0.6) is 0 Å². The van der Waals surface area contributed by atoms with Crippen molar-refractivity contribution in [1.29, 1.82) is 0 Å². The SMILES string of the molecule is S=C(NC1CCCCCC1)N(Cc1cccs1)C[C@@H]1CCCO1. The van der Waals surface area contributed by atoms with Gasteiger partial charge in [-0.2, -0.15) is 0 Å². The van der Waals surface area contributed by atoms with Crippen LogP contribution >= 0.6 is 23.6 Å². The molecule has 0 spiro atoms. The molecular formula is C18H28N2OS2. The van der Waals surface area contributed by atoms with Crippen molar-refractivity contribution in [2.24, 2.45) is 0 Å². The van der Waals surface area contributed by atoms with E-state index in [2.05, 4.69) is 27.7 Å². The van der Waals surface area contributed by atoms with Gasteiger partial charge in [0.2, 0.25) is 0 Å². The molecule has 3 nitrogen and oxygen atoms in total. The Bertz CT molecular complexity index is 463. The number of nitrogens with zero attached hydrogens (tertiary/aromatic N) is 1. The largest absolute Gasteiger partial charge is 0.376 e. The van der Waals surface area contributed by atoms with Crippen molar-refractivity contribution in [3.63, 3.8) is 0 Å². The maximum Gasteiger partial charge on any atom is 0.169 e. The van der Waals surface area contributed by atoms with E-state index in [1.165, 1.54) is 49.8 Å². The molecule has 2 heterocycles. The Morgan fingerprint density at radius 1 is 1.22 bits per heavy atom. The Kier molecular flexibility index (Phi) is 6.72. The van der Waals surface area contributed by atoms with Crippen molar-refractivity contribution >= 4 is 28.7 Å². The van der Waals surface area contributed by atoms with Crippen molar-refractivity contribution in [2.75, 3.05) is 13.2 Å². The van der Waals surface area contributed by atoms with Gasteiger partial charge in [-0.3, -0.25) is 0 Å². The molecule has 1 saturated heterocycles. The minimum Gasteiger partial charge on any atom is -0.376 e. The van der Waals surface area contributed by atoms with Gasteiger partial charge >= 0.3 is 0 Å². The monoisotopic (exact) mass is 352 g/mol. The predicted octanol–water partition coefficient (Wildman–Crippen LogP) is 4.33. The quantitative estimate of drug-likeness (QED) is 0.630. The zero-order valence-corrected chi connectivity index (χ0v) is 15.5. The van der Waals surface area contributed by atoms with E-state index in [0.717, 1.165) is 31.2 Å². The van der Waals surface area contributed by atoms with Gasteiger partial charge in [-0.1, -0.05) is 31.7 Å². The molecule has 1 aliphatic carbocycles. The van der Waals surface area contributed by atoms with Crippen LogP contribution in [0.3, 0.4) is 0 Å². The van der Waals surface area contributed by atoms with Gasteiger partial charge in [0.15, 0.2) is 5.11 Å². The predicted molar refractivity (Wildman–Crippen MR) is 101 cm³/mol. The normalized spacial score (nSPS) is 22.7. The van der Waals surface area contributed by atoms with Gasteiger partial charge in [0, 0.05) is 24.1 Å². The number of nitrogens with one attached hydrogen (secondary N) is 1. The van der Waals surface area contributed by atoms with Gasteiger partial charge in [-0.05, 0) is 49.3 Å². The Morgan fingerprint density at radius 2 is 2.04 bits per heavy atom. The van der Waals surface area contributed by atoms with E-state index in [-0.39, 0.29) is 0 Å². The van der Waals surface area contributed by atoms with E-state index in [4.69, 9.17) is 17.0 Å². The molecule has 1 aromatic heterocycles. The summed E-state index contributed by atoms with van der Waals surface area (Å²) in [5.41, 5.74) is 0. The molecule has 1 atom stereocenters. The molecular weight excluding hydrogens is 324 g/mol. The molecule has 5 heteroatoms. The van der Waals surface area contributed by atoms with Crippen LogP contribution in [0.15, 0.2) is 17.5 Å². The van der Waals surface area contributed by atoms with Crippen LogP contribution in [-0.4, -0.2) is 35.3 Å². The molecule has 1 aliphatic heterocycles. The van der Waals surface area contributed by atoms with Gasteiger partial charge in [0.25, 0.3) is 0 Å². The minimum atomic E-state index is 0.337. The number of hydrogen-bond acceptors (Lipinski definition) is 3. The zero-order valence-electron chi connectivity index (χ0n) is 13.8. The number of thiocarbonyl (C=S) groups is 1. The average molecular weight is 353 g/mol. The second-order valence-electron chi connectivity index (χ2n) is 6.73. The summed E-state index contributed by atoms with van der Waals surface area (Å²) in [5, 5.41) is 6.71. The summed E-state index contributed by atoms with van der Waals surface area (Å²) in [6, 6.07) is 4.87. The first-order chi connectivity index (χ1) is 11.3. The molecule has 0 aromatic carbocycles. The summed E-state index contributed by atoms with van der Waals surface area (Å²) in [4.78, 5) is 3.69. The van der Waals surface area contributed by atoms with Crippen LogP contribution in [0.4, 0.5) is 0 Å². The fourth-order valence-corrected chi connectivity index (χ4v) is 4.56. The average Bonchev–Trinajstić information content (AvgIpc) is 3.18. The number of ether oxygens (including phenoxy) is 1. The highest BCUT2D eigenvalue weighted by Gasteiger charge is 2.23. The van der Waals surface area contributed by atoms with Crippen molar-refractivity contribution in [2.45, 2.75) is 70.1 Å². The van der Waals surface area contributed by atoms with Gasteiger partial charge in [0.1, 0.15) is 0 Å². The van der Waals surface area contributed by atoms with Crippen LogP contribution in [0.2, 0.25) is 0 Å². The fraction of sp³-hybridized carbons (Fsp3) is 0.722. The summed E-state index contributed by atoms with van der Waals surface area (Å²) in [5.74, 6) is 0. The molecule has 1 saturated carbocycles. The highest BCUT2D eigenvalue weighted by Crippen LogP contribution is 2.20. The third-order valence-corrected chi connectivity index (χ3v) is 6.08. The van der Waals surface area contributed by atoms with Crippen molar-refractivity contribution in [1.82, 2.24) is 10.2 Å². The summed E-state index contributed by atoms with van der Waals surface area (Å²) in [7, 11) is 0. The van der Waals surface area contributed by atoms with Crippen LogP contribution < -0.4 is 5.32 Å². The smallest absolute Gasteiger partial charge is 0.169 e. The fourth-order valence-electron chi connectivity index (χ4n) is 3.53. The molecule has 0 bridgehead atoms. The van der Waals surface area contributed by atoms with Crippen LogP contribution in [-0.2, 0) is 11.3 Å². The molecule has 0 unspecified atom stereocenters. The van der Waals surface area contributed by atoms with Crippen LogP contribution in [0.25, 0.3) is 0 Å². The molecule has 1 aromatic rings. The molecule has 1 N–H and O–H groups in total. The van der Waals surface area contributed by atoms with Gasteiger partial charge in [0.05, 0.1) is 12.6 Å². The molecule has 2 aliphatic rings. The van der Waals surface area contributed by atoms with E-state index in [9.17, 15) is 0 Å². The van der Waals surface area contributed by atoms with E-state index in [1.807, 2.05) is 0 Å². The third-order valence-electron chi connectivity index (χ3n) is 4.84. The van der Waals surface area contributed by atoms with E-state index in [1.54, 1.807) is 11.3 Å². The first-order valence-corrected chi connectivity index (χ1v) is 10.3. The van der Waals surface area contributed by atoms with Crippen molar-refractivity contribution in [3.05, 3.63) is 22.4 Å². The maximum absolute atomic E-state index is 5.84. The number of thiophene rings is 1. The Balaban J connectivity index is 1.59. The lowest BCUT2D eigenvalue weighted by molar-refractivity contribution is 0.0897. The van der Waals surface area contributed by atoms with Gasteiger partial charge < -0.3 is 15.0 Å². The summed E-state index contributed by atoms with van der Waals surface area (Å²) < 4.78 is 5.84. The lowest BCUT2D eigenvalue weighted by Crippen LogP contribution is -2.46. The van der Waals surface area contributed by atoms with Crippen LogP contribution in [0, 0.1) is 0 Å². The highest BCUT2D eigenvalue weighted by molar-refractivity contribution is 7.80. The molecule has 128 valence electrons. The van der Waals surface area contributed by atoms with E-state index < -0.39 is 0 Å². The van der Waals surface area contributed by atoms with Crippen LogP contribution in [0.1, 0.15) is 56.2 Å². The highest BCUT2D eigenvalue weighted by atomic mass is 32.1. The molecule has 23 heavy (non-hydrogen) atoms. The first kappa shape index (κ1) is 17.2. The lowest BCUT2D eigenvalue weighted by atomic mass is 10.1. The number of rotatable bonds is 5. The first-order valence-electron chi connectivity index (χ1n) is 9.00. The molecule has 0 amide bonds. The third kappa shape index (κ3) is 5.44. The Hall–Kier alpha value is -0.650. The minimum absolute atomic E-state index is 0.337. The summed E-state index contributed by atoms with van der Waals surface area (Å²) in [6.07, 6.45) is 10.6. The molecule has 2 fully saturated rings. The van der Waals surface area contributed by atoms with E-state index in [0.29, 0.717) is 12.1 Å². The van der Waals surface area contributed by atoms with Gasteiger partial charge in [-0.25, -0.2) is 0 Å². The lowest BCUT2D eigenvalue weighted by Gasteiger charge is -2.30.